The van der Waals surface area contributed by atoms with Gasteiger partial charge in [0.05, 0.1) is 0 Å². The topological polar surface area (TPSA) is 80.4 Å². The lowest BCUT2D eigenvalue weighted by atomic mass is 10.1. The van der Waals surface area contributed by atoms with Gasteiger partial charge in [0.15, 0.2) is 0 Å². The second kappa shape index (κ2) is 6.54. The van der Waals surface area contributed by atoms with E-state index in [1.165, 1.54) is 0 Å². The average molecular weight is 201 g/mol. The van der Waals surface area contributed by atoms with E-state index < -0.39 is 12.0 Å². The highest BCUT2D eigenvalue weighted by molar-refractivity contribution is 5.80. The van der Waals surface area contributed by atoms with Crippen molar-refractivity contribution in [3.8, 4) is 0 Å². The van der Waals surface area contributed by atoms with Crippen LogP contribution in [0.15, 0.2) is 0 Å². The van der Waals surface area contributed by atoms with Gasteiger partial charge in [-0.05, 0) is 18.8 Å². The zero-order chi connectivity index (χ0) is 11.1. The van der Waals surface area contributed by atoms with E-state index in [1.54, 1.807) is 13.8 Å². The number of ketones is 1. The molecule has 14 heavy (non-hydrogen) atoms. The molecule has 0 aromatic carbocycles. The van der Waals surface area contributed by atoms with E-state index in [-0.39, 0.29) is 5.92 Å². The van der Waals surface area contributed by atoms with Crippen molar-refractivity contribution >= 4 is 11.8 Å². The Kier molecular flexibility index (Phi) is 6.12. The Morgan fingerprint density at radius 2 is 1.79 bits per heavy atom. The van der Waals surface area contributed by atoms with Crippen LogP contribution in [0.3, 0.4) is 0 Å². The van der Waals surface area contributed by atoms with Gasteiger partial charge in [-0.15, -0.1) is 0 Å². The molecule has 1 aliphatic rings. The molecule has 1 rings (SSSR count). The number of carboxylic acids is 1. The van der Waals surface area contributed by atoms with E-state index in [4.69, 9.17) is 10.8 Å². The maximum absolute atomic E-state index is 10.2. The van der Waals surface area contributed by atoms with Crippen LogP contribution >= 0.6 is 0 Å². The molecule has 0 heterocycles. The Balaban J connectivity index is 0.000000249. The van der Waals surface area contributed by atoms with E-state index in [0.29, 0.717) is 5.78 Å². The number of Topliss-reactive ketones (excluding diaryl/α,β-unsaturated/α-hetero) is 1. The van der Waals surface area contributed by atoms with Crippen LogP contribution in [-0.2, 0) is 9.59 Å². The highest BCUT2D eigenvalue weighted by Crippen LogP contribution is 2.11. The number of carbonyl (C=O) groups is 2. The van der Waals surface area contributed by atoms with Crippen LogP contribution in [0, 0.1) is 5.92 Å². The van der Waals surface area contributed by atoms with Gasteiger partial charge in [0.1, 0.15) is 11.8 Å². The van der Waals surface area contributed by atoms with Gasteiger partial charge < -0.3 is 10.8 Å². The molecule has 0 radical (unpaired) electrons. The molecule has 0 aliphatic heterocycles. The van der Waals surface area contributed by atoms with Crippen LogP contribution in [0.2, 0.25) is 0 Å². The number of carbonyl (C=O) groups excluding carboxylic acids is 1. The van der Waals surface area contributed by atoms with Gasteiger partial charge in [-0.2, -0.15) is 0 Å². The average Bonchev–Trinajstić information content (AvgIpc) is 2.55. The molecule has 3 N–H and O–H groups in total. The normalized spacial score (nSPS) is 17.6. The fourth-order valence-corrected chi connectivity index (χ4v) is 1.05. The van der Waals surface area contributed by atoms with Crippen molar-refractivity contribution in [3.63, 3.8) is 0 Å². The summed E-state index contributed by atoms with van der Waals surface area (Å²) in [6.45, 7) is 3.55. The molecule has 0 spiro atoms. The van der Waals surface area contributed by atoms with Crippen LogP contribution in [0.1, 0.15) is 39.5 Å². The Bertz CT molecular complexity index is 194. The fraction of sp³-hybridized carbons (Fsp3) is 0.800. The molecule has 4 heteroatoms. The lowest BCUT2D eigenvalue weighted by Gasteiger charge is -2.07. The standard InChI is InChI=1S/C5H11NO2.C5H8O/c1-3(2)4(6)5(7)8;6-5-3-1-2-4-5/h3-4H,6H2,1-2H3,(H,7,8);1-4H2/t4-;/m0./s1. The zero-order valence-electron chi connectivity index (χ0n) is 8.82. The van der Waals surface area contributed by atoms with Gasteiger partial charge in [-0.25, -0.2) is 0 Å². The van der Waals surface area contributed by atoms with Crippen molar-refractivity contribution in [2.24, 2.45) is 11.7 Å². The molecule has 0 unspecified atom stereocenters. The third kappa shape index (κ3) is 5.70. The van der Waals surface area contributed by atoms with E-state index >= 15 is 0 Å². The molecular formula is C10H19NO3. The molecule has 82 valence electrons. The smallest absolute Gasteiger partial charge is 0.320 e. The Labute approximate surface area is 84.5 Å². The number of nitrogens with two attached hydrogens (primary N) is 1. The van der Waals surface area contributed by atoms with Crippen LogP contribution < -0.4 is 5.73 Å². The van der Waals surface area contributed by atoms with E-state index in [1.807, 2.05) is 0 Å². The van der Waals surface area contributed by atoms with Gasteiger partial charge in [0.25, 0.3) is 0 Å². The van der Waals surface area contributed by atoms with E-state index in [0.717, 1.165) is 25.7 Å². The van der Waals surface area contributed by atoms with Gasteiger partial charge in [0.2, 0.25) is 0 Å². The quantitative estimate of drug-likeness (QED) is 0.703. The first-order valence-electron chi connectivity index (χ1n) is 4.95. The fourth-order valence-electron chi connectivity index (χ4n) is 1.05. The Morgan fingerprint density at radius 1 is 1.36 bits per heavy atom. The summed E-state index contributed by atoms with van der Waals surface area (Å²) >= 11 is 0. The second-order valence-electron chi connectivity index (χ2n) is 3.85. The van der Waals surface area contributed by atoms with Gasteiger partial charge >= 0.3 is 5.97 Å². The summed E-state index contributed by atoms with van der Waals surface area (Å²) in [6, 6.07) is -0.713. The lowest BCUT2D eigenvalue weighted by Crippen LogP contribution is -2.34. The summed E-state index contributed by atoms with van der Waals surface area (Å²) < 4.78 is 0. The first-order chi connectivity index (χ1) is 6.45. The van der Waals surface area contributed by atoms with Crippen molar-refractivity contribution in [1.82, 2.24) is 0 Å². The van der Waals surface area contributed by atoms with Crippen molar-refractivity contribution in [1.29, 1.82) is 0 Å². The minimum absolute atomic E-state index is 0.0208. The second-order valence-corrected chi connectivity index (χ2v) is 3.85. The largest absolute Gasteiger partial charge is 0.480 e. The van der Waals surface area contributed by atoms with Crippen LogP contribution in [-0.4, -0.2) is 22.9 Å². The molecule has 0 amide bonds. The van der Waals surface area contributed by atoms with Crippen molar-refractivity contribution < 1.29 is 14.7 Å². The van der Waals surface area contributed by atoms with E-state index in [9.17, 15) is 9.59 Å². The van der Waals surface area contributed by atoms with Crippen LogP contribution in [0.25, 0.3) is 0 Å². The molecule has 1 fully saturated rings. The summed E-state index contributed by atoms with van der Waals surface area (Å²) in [7, 11) is 0. The van der Waals surface area contributed by atoms with Gasteiger partial charge in [-0.1, -0.05) is 13.8 Å². The summed E-state index contributed by atoms with van der Waals surface area (Å²) in [5.74, 6) is -0.456. The van der Waals surface area contributed by atoms with Crippen LogP contribution in [0.4, 0.5) is 0 Å². The summed E-state index contributed by atoms with van der Waals surface area (Å²) in [5.41, 5.74) is 5.16. The van der Waals surface area contributed by atoms with Gasteiger partial charge in [0, 0.05) is 12.8 Å². The van der Waals surface area contributed by atoms with Crippen LogP contribution in [0.5, 0.6) is 0 Å². The monoisotopic (exact) mass is 201 g/mol. The highest BCUT2D eigenvalue weighted by Gasteiger charge is 2.14. The number of aliphatic carboxylic acids is 1. The molecule has 1 saturated carbocycles. The molecule has 0 aromatic rings. The Morgan fingerprint density at radius 3 is 1.86 bits per heavy atom. The first kappa shape index (κ1) is 13.1. The van der Waals surface area contributed by atoms with Crippen molar-refractivity contribution in [2.45, 2.75) is 45.6 Å². The number of hydrogen-bond donors (Lipinski definition) is 2. The molecule has 4 nitrogen and oxygen atoms in total. The number of rotatable bonds is 2. The SMILES string of the molecule is CC(C)[C@H](N)C(=O)O.O=C1CCCC1. The lowest BCUT2D eigenvalue weighted by molar-refractivity contribution is -0.139. The summed E-state index contributed by atoms with van der Waals surface area (Å²) in [6.07, 6.45) is 3.97. The van der Waals surface area contributed by atoms with E-state index in [2.05, 4.69) is 0 Å². The minimum Gasteiger partial charge on any atom is -0.480 e. The predicted molar refractivity (Wildman–Crippen MR) is 53.9 cm³/mol. The van der Waals surface area contributed by atoms with Crippen molar-refractivity contribution in [3.05, 3.63) is 0 Å². The molecule has 0 aromatic heterocycles. The van der Waals surface area contributed by atoms with Crippen molar-refractivity contribution in [2.75, 3.05) is 0 Å². The first-order valence-corrected chi connectivity index (χ1v) is 4.95. The van der Waals surface area contributed by atoms with Gasteiger partial charge in [-0.3, -0.25) is 9.59 Å². The third-order valence-corrected chi connectivity index (χ3v) is 2.16. The zero-order valence-corrected chi connectivity index (χ0v) is 8.82. The minimum atomic E-state index is -0.931. The summed E-state index contributed by atoms with van der Waals surface area (Å²) in [5, 5.41) is 8.23. The highest BCUT2D eigenvalue weighted by atomic mass is 16.4. The number of hydrogen-bond acceptors (Lipinski definition) is 3. The molecule has 0 bridgehead atoms. The molecule has 1 atom stereocenters. The third-order valence-electron chi connectivity index (χ3n) is 2.16. The molecule has 1 aliphatic carbocycles. The maximum atomic E-state index is 10.2. The molecule has 0 saturated heterocycles. The number of carboxylic acid groups (broad SMARTS) is 1. The summed E-state index contributed by atoms with van der Waals surface area (Å²) in [4.78, 5) is 20.3. The molecular weight excluding hydrogens is 182 g/mol. The maximum Gasteiger partial charge on any atom is 0.320 e. The Hall–Kier alpha value is -0.900. The predicted octanol–water partition coefficient (Wildman–Crippen LogP) is 1.18.